The van der Waals surface area contributed by atoms with Crippen LogP contribution < -0.4 is 9.88 Å². The Morgan fingerprint density at radius 3 is 2.18 bits per heavy atom. The lowest BCUT2D eigenvalue weighted by molar-refractivity contribution is -0.632. The van der Waals surface area contributed by atoms with Crippen molar-refractivity contribution in [1.82, 2.24) is 0 Å². The maximum Gasteiger partial charge on any atom is 0.276 e. The third-order valence-electron chi connectivity index (χ3n) is 5.17. The monoisotopic (exact) mass is 481 g/mol. The van der Waals surface area contributed by atoms with Gasteiger partial charge in [-0.05, 0) is 30.3 Å². The molecule has 1 amide bonds. The highest BCUT2D eigenvalue weighted by Crippen LogP contribution is 2.34. The molecule has 0 aliphatic carbocycles. The van der Waals surface area contributed by atoms with Crippen molar-refractivity contribution >= 4 is 49.1 Å². The van der Waals surface area contributed by atoms with Crippen LogP contribution in [0.1, 0.15) is 13.8 Å². The van der Waals surface area contributed by atoms with E-state index in [1.54, 1.807) is 12.1 Å². The van der Waals surface area contributed by atoms with Crippen LogP contribution in [0.5, 0.6) is 0 Å². The maximum atomic E-state index is 11.5. The Balaban J connectivity index is 0.000000481. The molecule has 0 aliphatic heterocycles. The third-order valence-corrected chi connectivity index (χ3v) is 5.88. The first-order valence-corrected chi connectivity index (χ1v) is 11.9. The molecule has 1 N–H and O–H groups in total. The van der Waals surface area contributed by atoms with Gasteiger partial charge >= 0.3 is 0 Å². The number of nitro groups is 1. The molecule has 1 aromatic heterocycles. The Morgan fingerprint density at radius 2 is 1.62 bits per heavy atom. The average molecular weight is 482 g/mol. The zero-order valence-corrected chi connectivity index (χ0v) is 19.6. The Kier molecular flexibility index (Phi) is 7.23. The van der Waals surface area contributed by atoms with Crippen molar-refractivity contribution in [2.45, 2.75) is 13.8 Å². The van der Waals surface area contributed by atoms with E-state index in [1.165, 1.54) is 19.9 Å². The molecular weight excluding hydrogens is 458 g/mol. The SMILES string of the molecule is CC(=O)Nc1ccc2c(c1)c(-c1ccccc1)[n+](C)c1cc([N+](=O)[O-])ccc21.CCS(=O)(=O)[O-]. The Labute approximate surface area is 196 Å². The van der Waals surface area contributed by atoms with Crippen molar-refractivity contribution in [3.63, 3.8) is 0 Å². The highest BCUT2D eigenvalue weighted by molar-refractivity contribution is 7.85. The van der Waals surface area contributed by atoms with Gasteiger partial charge in [-0.2, -0.15) is 4.57 Å². The van der Waals surface area contributed by atoms with Gasteiger partial charge in [-0.25, -0.2) is 8.42 Å². The van der Waals surface area contributed by atoms with Crippen LogP contribution in [0.25, 0.3) is 32.9 Å². The van der Waals surface area contributed by atoms with Crippen molar-refractivity contribution in [2.24, 2.45) is 7.05 Å². The molecule has 0 radical (unpaired) electrons. The van der Waals surface area contributed by atoms with Crippen LogP contribution >= 0.6 is 0 Å². The van der Waals surface area contributed by atoms with Crippen LogP contribution in [0.15, 0.2) is 66.7 Å². The molecule has 0 atom stereocenters. The number of hydrogen-bond acceptors (Lipinski definition) is 6. The minimum absolute atomic E-state index is 0.0522. The Hall–Kier alpha value is -3.89. The largest absolute Gasteiger partial charge is 0.748 e. The fourth-order valence-corrected chi connectivity index (χ4v) is 3.64. The first-order chi connectivity index (χ1) is 16.0. The summed E-state index contributed by atoms with van der Waals surface area (Å²) in [4.78, 5) is 22.4. The molecule has 0 aliphatic rings. The van der Waals surface area contributed by atoms with E-state index in [4.69, 9.17) is 0 Å². The quantitative estimate of drug-likeness (QED) is 0.154. The molecule has 9 nitrogen and oxygen atoms in total. The van der Waals surface area contributed by atoms with Crippen molar-refractivity contribution in [1.29, 1.82) is 0 Å². The number of anilines is 1. The molecule has 3 aromatic carbocycles. The summed E-state index contributed by atoms with van der Waals surface area (Å²) in [5.41, 5.74) is 3.45. The summed E-state index contributed by atoms with van der Waals surface area (Å²) in [6, 6.07) is 20.5. The van der Waals surface area contributed by atoms with E-state index in [9.17, 15) is 27.9 Å². The second-order valence-electron chi connectivity index (χ2n) is 7.52. The summed E-state index contributed by atoms with van der Waals surface area (Å²) < 4.78 is 30.3. The van der Waals surface area contributed by atoms with E-state index in [0.717, 1.165) is 32.9 Å². The second kappa shape index (κ2) is 9.94. The van der Waals surface area contributed by atoms with Gasteiger partial charge in [-0.1, -0.05) is 31.2 Å². The van der Waals surface area contributed by atoms with E-state index >= 15 is 0 Å². The molecule has 1 heterocycles. The molecule has 0 unspecified atom stereocenters. The first-order valence-electron chi connectivity index (χ1n) is 10.3. The smallest absolute Gasteiger partial charge is 0.276 e. The normalized spacial score (nSPS) is 11.1. The molecule has 10 heteroatoms. The topological polar surface area (TPSA) is 133 Å². The summed E-state index contributed by atoms with van der Waals surface area (Å²) >= 11 is 0. The molecular formula is C24H23N3O6S. The lowest BCUT2D eigenvalue weighted by atomic mass is 9.98. The minimum atomic E-state index is -3.91. The Bertz CT molecular complexity index is 1500. The van der Waals surface area contributed by atoms with E-state index < -0.39 is 10.1 Å². The number of benzene rings is 3. The number of nitrogens with zero attached hydrogens (tertiary/aromatic N) is 2. The van der Waals surface area contributed by atoms with Crippen LogP contribution in [0.4, 0.5) is 11.4 Å². The zero-order chi connectivity index (χ0) is 25.0. The van der Waals surface area contributed by atoms with Gasteiger partial charge in [0.1, 0.15) is 7.05 Å². The minimum Gasteiger partial charge on any atom is -0.748 e. The van der Waals surface area contributed by atoms with Gasteiger partial charge in [-0.3, -0.25) is 14.9 Å². The molecule has 34 heavy (non-hydrogen) atoms. The van der Waals surface area contributed by atoms with Crippen LogP contribution in [-0.2, 0) is 22.0 Å². The number of amides is 1. The van der Waals surface area contributed by atoms with Crippen molar-refractivity contribution < 1.29 is 27.3 Å². The maximum absolute atomic E-state index is 11.5. The number of non-ortho nitro benzene ring substituents is 1. The summed E-state index contributed by atoms with van der Waals surface area (Å²) in [5.74, 6) is -0.450. The van der Waals surface area contributed by atoms with Crippen LogP contribution in [0.2, 0.25) is 0 Å². The molecule has 0 fully saturated rings. The first kappa shape index (κ1) is 24.7. The third kappa shape index (κ3) is 5.53. The van der Waals surface area contributed by atoms with E-state index in [1.807, 2.05) is 60.1 Å². The van der Waals surface area contributed by atoms with Gasteiger partial charge in [0.15, 0.2) is 0 Å². The molecule has 0 saturated carbocycles. The van der Waals surface area contributed by atoms with Crippen molar-refractivity contribution in [2.75, 3.05) is 11.1 Å². The highest BCUT2D eigenvalue weighted by Gasteiger charge is 2.23. The number of fused-ring (bicyclic) bond motifs is 3. The summed E-state index contributed by atoms with van der Waals surface area (Å²) in [6.07, 6.45) is 0. The van der Waals surface area contributed by atoms with Gasteiger partial charge in [0.2, 0.25) is 17.1 Å². The van der Waals surface area contributed by atoms with Crippen molar-refractivity contribution in [3.05, 3.63) is 76.8 Å². The standard InChI is InChI=1S/C22H17N3O3.C2H6O3S/c1-14(26)23-16-8-10-18-19-11-9-17(25(27)28)13-21(19)24(2)22(20(18)12-16)15-6-4-3-5-7-15;1-2-6(3,4)5/h3-13H,1-2H3;2H2,1H3,(H,3,4,5). The number of nitrogens with one attached hydrogen (secondary N) is 1. The molecule has 176 valence electrons. The van der Waals surface area contributed by atoms with Gasteiger partial charge in [0.05, 0.1) is 31.9 Å². The Morgan fingerprint density at radius 1 is 1.00 bits per heavy atom. The molecule has 0 bridgehead atoms. The van der Waals surface area contributed by atoms with E-state index in [-0.39, 0.29) is 22.3 Å². The number of aromatic nitrogens is 1. The van der Waals surface area contributed by atoms with Crippen molar-refractivity contribution in [3.8, 4) is 11.3 Å². The summed E-state index contributed by atoms with van der Waals surface area (Å²) in [7, 11) is -2.01. The van der Waals surface area contributed by atoms with Gasteiger partial charge in [0, 0.05) is 35.4 Å². The zero-order valence-electron chi connectivity index (χ0n) is 18.8. The number of carbonyl (C=O) groups is 1. The molecule has 4 aromatic rings. The average Bonchev–Trinajstić information content (AvgIpc) is 2.79. The number of aryl methyl sites for hydroxylation is 1. The molecule has 0 spiro atoms. The lowest BCUT2D eigenvalue weighted by Gasteiger charge is -2.11. The molecule has 0 saturated heterocycles. The van der Waals surface area contributed by atoms with E-state index in [0.29, 0.717) is 5.69 Å². The molecule has 4 rings (SSSR count). The van der Waals surface area contributed by atoms with Gasteiger partial charge in [0.25, 0.3) is 5.69 Å². The number of nitro benzene ring substituents is 1. The van der Waals surface area contributed by atoms with Crippen LogP contribution in [0, 0.1) is 10.1 Å². The van der Waals surface area contributed by atoms with Crippen LogP contribution in [-0.4, -0.2) is 29.6 Å². The summed E-state index contributed by atoms with van der Waals surface area (Å²) in [5, 5.41) is 16.9. The van der Waals surface area contributed by atoms with Gasteiger partial charge in [-0.15, -0.1) is 0 Å². The highest BCUT2D eigenvalue weighted by atomic mass is 32.2. The number of hydrogen-bond donors (Lipinski definition) is 1. The fraction of sp³-hybridized carbons (Fsp3) is 0.167. The van der Waals surface area contributed by atoms with E-state index in [2.05, 4.69) is 5.32 Å². The number of rotatable bonds is 4. The van der Waals surface area contributed by atoms with Gasteiger partial charge < -0.3 is 9.87 Å². The predicted octanol–water partition coefficient (Wildman–Crippen LogP) is 3.90. The number of pyridine rings is 1. The predicted molar refractivity (Wildman–Crippen MR) is 129 cm³/mol. The summed E-state index contributed by atoms with van der Waals surface area (Å²) in [6.45, 7) is 2.78. The second-order valence-corrected chi connectivity index (χ2v) is 9.21. The fourth-order valence-electron chi connectivity index (χ4n) is 3.64. The lowest BCUT2D eigenvalue weighted by Crippen LogP contribution is -2.32. The number of carbonyl (C=O) groups excluding carboxylic acids is 1. The van der Waals surface area contributed by atoms with Crippen LogP contribution in [0.3, 0.4) is 0 Å².